The van der Waals surface area contributed by atoms with Crippen LogP contribution in [0.4, 0.5) is 8.78 Å². The summed E-state index contributed by atoms with van der Waals surface area (Å²) in [6, 6.07) is 2.34. The first-order valence-corrected chi connectivity index (χ1v) is 10.1. The average molecular weight is 390 g/mol. The first-order chi connectivity index (χ1) is 13.0. The first kappa shape index (κ1) is 17.3. The fourth-order valence-corrected chi connectivity index (χ4v) is 6.27. The number of ether oxygens (including phenoxy) is 1. The molecule has 4 bridgehead atoms. The van der Waals surface area contributed by atoms with Gasteiger partial charge < -0.3 is 9.30 Å². The van der Waals surface area contributed by atoms with E-state index in [4.69, 9.17) is 4.74 Å². The summed E-state index contributed by atoms with van der Waals surface area (Å²) in [6.45, 7) is 0.827. The van der Waals surface area contributed by atoms with Crippen LogP contribution < -0.4 is 4.80 Å². The van der Waals surface area contributed by atoms with Crippen LogP contribution in [-0.4, -0.2) is 24.2 Å². The number of methoxy groups -OCH3 is 1. The van der Waals surface area contributed by atoms with Gasteiger partial charge in [0.2, 0.25) is 0 Å². The highest BCUT2D eigenvalue weighted by Crippen LogP contribution is 2.57. The largest absolute Gasteiger partial charge is 0.383 e. The summed E-state index contributed by atoms with van der Waals surface area (Å²) >= 11 is 1.22. The lowest BCUT2D eigenvalue weighted by atomic mass is 9.75. The van der Waals surface area contributed by atoms with E-state index in [0.717, 1.165) is 19.3 Å². The Balaban J connectivity index is 1.57. The summed E-state index contributed by atoms with van der Waals surface area (Å²) < 4.78 is 34.9. The lowest BCUT2D eigenvalue weighted by Crippen LogP contribution is -2.31. The van der Waals surface area contributed by atoms with E-state index >= 15 is 0 Å². The number of fused-ring (bicyclic) bond motifs is 1. The second kappa shape index (κ2) is 6.34. The van der Waals surface area contributed by atoms with Gasteiger partial charge in [0.25, 0.3) is 5.91 Å². The van der Waals surface area contributed by atoms with Crippen molar-refractivity contribution in [2.45, 2.75) is 25.8 Å². The quantitative estimate of drug-likeness (QED) is 0.748. The van der Waals surface area contributed by atoms with Gasteiger partial charge in [0.15, 0.2) is 16.4 Å². The lowest BCUT2D eigenvalue weighted by Gasteiger charge is -2.29. The van der Waals surface area contributed by atoms with Crippen LogP contribution in [0.15, 0.2) is 28.8 Å². The summed E-state index contributed by atoms with van der Waals surface area (Å²) in [6.07, 6.45) is 5.54. The number of halogens is 2. The monoisotopic (exact) mass is 390 g/mol. The maximum atomic E-state index is 13.8. The third-order valence-corrected chi connectivity index (χ3v) is 7.30. The second-order valence-corrected chi connectivity index (χ2v) is 8.79. The van der Waals surface area contributed by atoms with Crippen LogP contribution in [0.25, 0.3) is 10.2 Å². The average Bonchev–Trinajstić information content (AvgIpc) is 3.19. The van der Waals surface area contributed by atoms with E-state index in [1.807, 2.05) is 0 Å². The van der Waals surface area contributed by atoms with Gasteiger partial charge in [-0.05, 0) is 43.1 Å². The van der Waals surface area contributed by atoms with Gasteiger partial charge >= 0.3 is 0 Å². The molecule has 0 spiro atoms. The summed E-state index contributed by atoms with van der Waals surface area (Å²) in [5.41, 5.74) is 1.98. The number of amides is 1. The number of hydrogen-bond acceptors (Lipinski definition) is 3. The molecule has 0 aliphatic heterocycles. The van der Waals surface area contributed by atoms with Gasteiger partial charge in [-0.25, -0.2) is 8.78 Å². The molecule has 2 saturated carbocycles. The van der Waals surface area contributed by atoms with Crippen molar-refractivity contribution >= 4 is 27.5 Å². The highest BCUT2D eigenvalue weighted by molar-refractivity contribution is 7.16. The van der Waals surface area contributed by atoms with E-state index < -0.39 is 11.6 Å². The predicted octanol–water partition coefficient (Wildman–Crippen LogP) is 3.66. The van der Waals surface area contributed by atoms with Gasteiger partial charge in [-0.3, -0.25) is 4.79 Å². The van der Waals surface area contributed by atoms with Gasteiger partial charge in [-0.2, -0.15) is 4.99 Å². The molecule has 4 aliphatic carbocycles. The van der Waals surface area contributed by atoms with E-state index in [-0.39, 0.29) is 11.8 Å². The number of carbonyl (C=O) groups is 1. The van der Waals surface area contributed by atoms with Gasteiger partial charge in [0.1, 0.15) is 0 Å². The van der Waals surface area contributed by atoms with Gasteiger partial charge in [-0.15, -0.1) is 0 Å². The number of thiazole rings is 1. The molecule has 4 nitrogen and oxygen atoms in total. The van der Waals surface area contributed by atoms with E-state index in [0.29, 0.717) is 45.9 Å². The Labute approximate surface area is 159 Å². The Morgan fingerprint density at radius 2 is 2.15 bits per heavy atom. The zero-order chi connectivity index (χ0) is 18.7. The third kappa shape index (κ3) is 2.70. The van der Waals surface area contributed by atoms with Crippen LogP contribution in [0.2, 0.25) is 0 Å². The molecule has 1 amide bonds. The van der Waals surface area contributed by atoms with Crippen molar-refractivity contribution in [3.8, 4) is 0 Å². The Morgan fingerprint density at radius 3 is 2.93 bits per heavy atom. The van der Waals surface area contributed by atoms with Crippen LogP contribution >= 0.6 is 11.3 Å². The van der Waals surface area contributed by atoms with Crippen molar-refractivity contribution in [1.29, 1.82) is 0 Å². The number of hydrogen-bond donors (Lipinski definition) is 0. The molecule has 7 heteroatoms. The Hall–Kier alpha value is -1.86. The van der Waals surface area contributed by atoms with E-state index in [1.54, 1.807) is 11.7 Å². The molecule has 2 aromatic rings. The van der Waals surface area contributed by atoms with E-state index in [9.17, 15) is 13.6 Å². The van der Waals surface area contributed by atoms with Crippen molar-refractivity contribution in [1.82, 2.24) is 4.57 Å². The molecule has 0 saturated heterocycles. The summed E-state index contributed by atoms with van der Waals surface area (Å²) in [5, 5.41) is 0. The normalized spacial score (nSPS) is 29.1. The molecule has 27 heavy (non-hydrogen) atoms. The number of benzene rings is 1. The Morgan fingerprint density at radius 1 is 1.33 bits per heavy atom. The van der Waals surface area contributed by atoms with Crippen molar-refractivity contribution in [2.75, 3.05) is 13.7 Å². The molecule has 1 heterocycles. The van der Waals surface area contributed by atoms with E-state index in [1.165, 1.54) is 29.0 Å². The lowest BCUT2D eigenvalue weighted by molar-refractivity contribution is -0.125. The second-order valence-electron chi connectivity index (χ2n) is 7.78. The Bertz CT molecular complexity index is 1040. The summed E-state index contributed by atoms with van der Waals surface area (Å²) in [7, 11) is 1.58. The maximum absolute atomic E-state index is 13.8. The van der Waals surface area contributed by atoms with Crippen molar-refractivity contribution < 1.29 is 18.3 Å². The molecule has 0 N–H and O–H groups in total. The molecule has 4 atom stereocenters. The molecule has 0 radical (unpaired) electrons. The van der Waals surface area contributed by atoms with Gasteiger partial charge in [0.05, 0.1) is 22.7 Å². The zero-order valence-corrected chi connectivity index (χ0v) is 15.8. The van der Waals surface area contributed by atoms with Crippen molar-refractivity contribution in [3.05, 3.63) is 40.2 Å². The van der Waals surface area contributed by atoms with Gasteiger partial charge in [0, 0.05) is 19.7 Å². The SMILES string of the molecule is COCCn1c(=NC(=O)[C@@H]2C3CC4=CC(C3)CC42)sc2cc(F)c(F)cc21. The summed E-state index contributed by atoms with van der Waals surface area (Å²) in [5.74, 6) is -0.519. The molecular formula is C20H20F2N2O2S. The third-order valence-electron chi connectivity index (χ3n) is 6.26. The highest BCUT2D eigenvalue weighted by Gasteiger charge is 2.51. The zero-order valence-electron chi connectivity index (χ0n) is 15.0. The van der Waals surface area contributed by atoms with Gasteiger partial charge in [-0.1, -0.05) is 23.0 Å². The minimum absolute atomic E-state index is 0.0374. The van der Waals surface area contributed by atoms with E-state index in [2.05, 4.69) is 11.1 Å². The minimum atomic E-state index is -0.901. The highest BCUT2D eigenvalue weighted by atomic mass is 32.1. The molecule has 6 rings (SSSR count). The van der Waals surface area contributed by atoms with Crippen molar-refractivity contribution in [2.24, 2.45) is 28.7 Å². The van der Waals surface area contributed by atoms with Crippen LogP contribution in [0, 0.1) is 35.3 Å². The fraction of sp³-hybridized carbons (Fsp3) is 0.500. The minimum Gasteiger partial charge on any atom is -0.383 e. The fourth-order valence-electron chi connectivity index (χ4n) is 5.20. The molecule has 2 fully saturated rings. The molecular weight excluding hydrogens is 370 g/mol. The smallest absolute Gasteiger partial charge is 0.252 e. The maximum Gasteiger partial charge on any atom is 0.252 e. The first-order valence-electron chi connectivity index (χ1n) is 9.31. The van der Waals surface area contributed by atoms with Crippen LogP contribution in [-0.2, 0) is 16.1 Å². The molecule has 1 aromatic carbocycles. The van der Waals surface area contributed by atoms with Crippen LogP contribution in [0.1, 0.15) is 19.3 Å². The number of rotatable bonds is 4. The number of aromatic nitrogens is 1. The summed E-state index contributed by atoms with van der Waals surface area (Å²) in [4.78, 5) is 18.0. The van der Waals surface area contributed by atoms with Crippen LogP contribution in [0.5, 0.6) is 0 Å². The molecule has 4 aliphatic rings. The van der Waals surface area contributed by atoms with Crippen molar-refractivity contribution in [3.63, 3.8) is 0 Å². The molecule has 3 unspecified atom stereocenters. The number of nitrogens with zero attached hydrogens (tertiary/aromatic N) is 2. The molecule has 1 aromatic heterocycles. The predicted molar refractivity (Wildman–Crippen MR) is 98.1 cm³/mol. The topological polar surface area (TPSA) is 43.6 Å². The molecule has 142 valence electrons. The van der Waals surface area contributed by atoms with Crippen LogP contribution in [0.3, 0.4) is 0 Å². The number of carbonyl (C=O) groups excluding carboxylic acids is 1. The number of allylic oxidation sites excluding steroid dienone is 2. The standard InChI is InChI=1S/C20H20F2N2O2S/c1-26-3-2-24-16-8-14(21)15(22)9-17(16)27-20(24)23-19(25)18-12-5-10-4-11(7-12)13(18)6-10/h4,8-10,12-13,18H,2-3,5-7H2,1H3/t10?,12?,13?,18-/m1/s1. The Kier molecular flexibility index (Phi) is 4.05.